The second-order valence-corrected chi connectivity index (χ2v) is 8.61. The van der Waals surface area contributed by atoms with E-state index in [1.54, 1.807) is 6.07 Å². The minimum atomic E-state index is -3.36. The van der Waals surface area contributed by atoms with Crippen LogP contribution in [0.4, 0.5) is 4.39 Å². The Hall–Kier alpha value is -0.915. The summed E-state index contributed by atoms with van der Waals surface area (Å²) in [5.41, 5.74) is -0.587. The van der Waals surface area contributed by atoms with Crippen LogP contribution in [0.25, 0.3) is 0 Å². The molecule has 1 aliphatic rings. The van der Waals surface area contributed by atoms with E-state index >= 15 is 0 Å². The van der Waals surface area contributed by atoms with Crippen molar-refractivity contribution in [2.45, 2.75) is 44.6 Å². The third-order valence-electron chi connectivity index (χ3n) is 4.07. The summed E-state index contributed by atoms with van der Waals surface area (Å²) in [6.45, 7) is 7.57. The van der Waals surface area contributed by atoms with Gasteiger partial charge in [-0.15, -0.1) is 0 Å². The van der Waals surface area contributed by atoms with E-state index in [0.717, 1.165) is 6.26 Å². The maximum atomic E-state index is 14.0. The summed E-state index contributed by atoms with van der Waals surface area (Å²) in [6, 6.07) is 4.42. The first kappa shape index (κ1) is 16.5. The molecular weight excluding hydrogens is 294 g/mol. The summed E-state index contributed by atoms with van der Waals surface area (Å²) >= 11 is 0. The van der Waals surface area contributed by atoms with Gasteiger partial charge < -0.3 is 9.31 Å². The minimum absolute atomic E-state index is 0.110. The third-order valence-corrected chi connectivity index (χ3v) is 4.88. The van der Waals surface area contributed by atoms with Gasteiger partial charge in [0.15, 0.2) is 9.84 Å². The Morgan fingerprint density at radius 1 is 1.14 bits per heavy atom. The van der Waals surface area contributed by atoms with E-state index in [0.29, 0.717) is 5.46 Å². The molecule has 4 nitrogen and oxygen atoms in total. The molecule has 21 heavy (non-hydrogen) atoms. The zero-order valence-electron chi connectivity index (χ0n) is 12.9. The zero-order chi connectivity index (χ0) is 16.1. The molecule has 0 radical (unpaired) electrons. The van der Waals surface area contributed by atoms with Gasteiger partial charge in [-0.25, -0.2) is 12.8 Å². The van der Waals surface area contributed by atoms with Crippen LogP contribution in [0.1, 0.15) is 33.3 Å². The fraction of sp³-hybridized carbons (Fsp3) is 0.571. The number of sulfone groups is 1. The van der Waals surface area contributed by atoms with Crippen molar-refractivity contribution in [2.24, 2.45) is 0 Å². The summed E-state index contributed by atoms with van der Waals surface area (Å²) in [4.78, 5) is 0. The molecular formula is C14H20BFO4S. The summed E-state index contributed by atoms with van der Waals surface area (Å²) < 4.78 is 48.8. The van der Waals surface area contributed by atoms with Crippen molar-refractivity contribution in [2.75, 3.05) is 6.26 Å². The van der Waals surface area contributed by atoms with E-state index in [1.807, 2.05) is 27.7 Å². The average molecular weight is 314 g/mol. The number of hydrogen-bond acceptors (Lipinski definition) is 4. The molecule has 1 saturated heterocycles. The number of rotatable bonds is 3. The Balaban J connectivity index is 2.45. The van der Waals surface area contributed by atoms with E-state index in [1.165, 1.54) is 12.1 Å². The maximum Gasteiger partial charge on any atom is 0.495 e. The largest absolute Gasteiger partial charge is 0.495 e. The van der Waals surface area contributed by atoms with Crippen molar-refractivity contribution in [3.63, 3.8) is 0 Å². The molecule has 0 amide bonds. The average Bonchev–Trinajstić information content (AvgIpc) is 2.49. The van der Waals surface area contributed by atoms with Gasteiger partial charge in [0.05, 0.1) is 17.0 Å². The SMILES string of the molecule is CC1(C)OB(c2cccc(F)c2CS(C)(=O)=O)OC1(C)C. The van der Waals surface area contributed by atoms with Crippen LogP contribution >= 0.6 is 0 Å². The van der Waals surface area contributed by atoms with Gasteiger partial charge in [0.2, 0.25) is 0 Å². The Morgan fingerprint density at radius 3 is 2.14 bits per heavy atom. The van der Waals surface area contributed by atoms with Gasteiger partial charge in [-0.1, -0.05) is 12.1 Å². The standard InChI is InChI=1S/C14H20BFO4S/c1-13(2)14(3,4)20-15(19-13)11-7-6-8-12(16)10(11)9-21(5,17)18/h6-8H,9H2,1-5H3. The maximum absolute atomic E-state index is 14.0. The van der Waals surface area contributed by atoms with Crippen LogP contribution in [-0.2, 0) is 24.9 Å². The summed E-state index contributed by atoms with van der Waals surface area (Å²) in [6.07, 6.45) is 1.08. The lowest BCUT2D eigenvalue weighted by Crippen LogP contribution is -2.41. The van der Waals surface area contributed by atoms with Gasteiger partial charge in [0.25, 0.3) is 0 Å². The second-order valence-electron chi connectivity index (χ2n) is 6.47. The van der Waals surface area contributed by atoms with Crippen LogP contribution in [0.15, 0.2) is 18.2 Å². The van der Waals surface area contributed by atoms with Crippen molar-refractivity contribution in [1.82, 2.24) is 0 Å². The lowest BCUT2D eigenvalue weighted by molar-refractivity contribution is 0.00578. The van der Waals surface area contributed by atoms with E-state index in [4.69, 9.17) is 9.31 Å². The number of hydrogen-bond donors (Lipinski definition) is 0. The molecule has 2 rings (SSSR count). The Bertz CT molecular complexity index is 639. The molecule has 0 atom stereocenters. The Morgan fingerprint density at radius 2 is 1.67 bits per heavy atom. The van der Waals surface area contributed by atoms with E-state index in [-0.39, 0.29) is 11.3 Å². The highest BCUT2D eigenvalue weighted by molar-refractivity contribution is 7.89. The molecule has 0 N–H and O–H groups in total. The van der Waals surface area contributed by atoms with Crippen molar-refractivity contribution in [3.8, 4) is 0 Å². The van der Waals surface area contributed by atoms with Crippen LogP contribution in [0.3, 0.4) is 0 Å². The molecule has 1 fully saturated rings. The molecule has 1 heterocycles. The fourth-order valence-electron chi connectivity index (χ4n) is 2.18. The Labute approximate surface area is 125 Å². The predicted octanol–water partition coefficient (Wildman–Crippen LogP) is 1.67. The molecule has 0 aliphatic carbocycles. The smallest absolute Gasteiger partial charge is 0.399 e. The summed E-state index contributed by atoms with van der Waals surface area (Å²) in [5, 5.41) is 0. The van der Waals surface area contributed by atoms with Crippen LogP contribution in [0.2, 0.25) is 0 Å². The van der Waals surface area contributed by atoms with Crippen LogP contribution in [0.5, 0.6) is 0 Å². The molecule has 1 aliphatic heterocycles. The van der Waals surface area contributed by atoms with Gasteiger partial charge in [-0.2, -0.15) is 0 Å². The topological polar surface area (TPSA) is 52.6 Å². The van der Waals surface area contributed by atoms with Crippen molar-refractivity contribution < 1.29 is 22.1 Å². The predicted molar refractivity (Wildman–Crippen MR) is 80.7 cm³/mol. The van der Waals surface area contributed by atoms with Crippen molar-refractivity contribution in [1.29, 1.82) is 0 Å². The molecule has 116 valence electrons. The quantitative estimate of drug-likeness (QED) is 0.797. The first-order chi connectivity index (χ1) is 9.43. The lowest BCUT2D eigenvalue weighted by Gasteiger charge is -2.32. The molecule has 7 heteroatoms. The van der Waals surface area contributed by atoms with Crippen LogP contribution in [-0.4, -0.2) is 33.0 Å². The lowest BCUT2D eigenvalue weighted by atomic mass is 9.76. The van der Waals surface area contributed by atoms with Crippen molar-refractivity contribution >= 4 is 22.4 Å². The molecule has 0 aromatic heterocycles. The van der Waals surface area contributed by atoms with Gasteiger partial charge in [-0.05, 0) is 39.2 Å². The third kappa shape index (κ3) is 3.30. The highest BCUT2D eigenvalue weighted by Gasteiger charge is 2.52. The molecule has 0 saturated carbocycles. The van der Waals surface area contributed by atoms with Gasteiger partial charge in [0, 0.05) is 11.8 Å². The second kappa shape index (κ2) is 5.07. The summed E-state index contributed by atoms with van der Waals surface area (Å²) in [7, 11) is -4.14. The van der Waals surface area contributed by atoms with E-state index < -0.39 is 34.0 Å². The summed E-state index contributed by atoms with van der Waals surface area (Å²) in [5.74, 6) is -0.938. The molecule has 1 aromatic rings. The van der Waals surface area contributed by atoms with Crippen LogP contribution < -0.4 is 5.46 Å². The normalized spacial score (nSPS) is 20.8. The monoisotopic (exact) mass is 314 g/mol. The minimum Gasteiger partial charge on any atom is -0.399 e. The van der Waals surface area contributed by atoms with E-state index in [9.17, 15) is 12.8 Å². The van der Waals surface area contributed by atoms with Gasteiger partial charge in [-0.3, -0.25) is 0 Å². The highest BCUT2D eigenvalue weighted by Crippen LogP contribution is 2.36. The Kier molecular flexibility index (Phi) is 3.97. The first-order valence-corrected chi connectivity index (χ1v) is 8.80. The molecule has 0 unspecified atom stereocenters. The first-order valence-electron chi connectivity index (χ1n) is 6.74. The fourth-order valence-corrected chi connectivity index (χ4v) is 3.01. The molecule has 0 bridgehead atoms. The van der Waals surface area contributed by atoms with Gasteiger partial charge >= 0.3 is 7.12 Å². The zero-order valence-corrected chi connectivity index (χ0v) is 13.8. The highest BCUT2D eigenvalue weighted by atomic mass is 32.2. The number of halogens is 1. The van der Waals surface area contributed by atoms with Gasteiger partial charge in [0.1, 0.15) is 5.82 Å². The molecule has 1 aromatic carbocycles. The van der Waals surface area contributed by atoms with E-state index in [2.05, 4.69) is 0 Å². The number of benzene rings is 1. The van der Waals surface area contributed by atoms with Crippen molar-refractivity contribution in [3.05, 3.63) is 29.6 Å². The van der Waals surface area contributed by atoms with Crippen LogP contribution in [0, 0.1) is 5.82 Å². The molecule has 0 spiro atoms.